The first-order valence-corrected chi connectivity index (χ1v) is 4.99. The van der Waals surface area contributed by atoms with E-state index in [0.29, 0.717) is 11.6 Å². The third kappa shape index (κ3) is 1.86. The molecule has 2 aromatic heterocycles. The molecule has 0 aliphatic carbocycles. The van der Waals surface area contributed by atoms with E-state index in [1.165, 1.54) is 0 Å². The minimum Gasteiger partial charge on any atom is -0.396 e. The second-order valence-corrected chi connectivity index (χ2v) is 3.99. The largest absolute Gasteiger partial charge is 0.396 e. The molecule has 0 saturated heterocycles. The number of aromatic amines is 1. The quantitative estimate of drug-likeness (QED) is 0.797. The van der Waals surface area contributed by atoms with Crippen molar-refractivity contribution in [2.24, 2.45) is 5.92 Å². The van der Waals surface area contributed by atoms with Crippen LogP contribution in [0.5, 0.6) is 0 Å². The maximum absolute atomic E-state index is 5.80. The van der Waals surface area contributed by atoms with Crippen molar-refractivity contribution in [3.05, 3.63) is 18.5 Å². The Labute approximate surface area is 88.3 Å². The van der Waals surface area contributed by atoms with Gasteiger partial charge in [0, 0.05) is 12.7 Å². The zero-order valence-corrected chi connectivity index (χ0v) is 8.94. The first kappa shape index (κ1) is 9.76. The zero-order valence-electron chi connectivity index (χ0n) is 8.94. The Kier molecular flexibility index (Phi) is 2.45. The first-order valence-electron chi connectivity index (χ1n) is 4.99. The van der Waals surface area contributed by atoms with Crippen molar-refractivity contribution in [1.82, 2.24) is 20.0 Å². The van der Waals surface area contributed by atoms with Gasteiger partial charge in [-0.25, -0.2) is 0 Å². The van der Waals surface area contributed by atoms with Crippen LogP contribution < -0.4 is 5.73 Å². The normalized spacial score (nSPS) is 11.1. The average molecular weight is 205 g/mol. The molecule has 3 N–H and O–H groups in total. The Balaban J connectivity index is 2.37. The summed E-state index contributed by atoms with van der Waals surface area (Å²) in [5.74, 6) is 0.549. The summed E-state index contributed by atoms with van der Waals surface area (Å²) in [7, 11) is 0. The van der Waals surface area contributed by atoms with Crippen LogP contribution in [0.3, 0.4) is 0 Å². The lowest BCUT2D eigenvalue weighted by Crippen LogP contribution is -2.08. The van der Waals surface area contributed by atoms with E-state index in [-0.39, 0.29) is 0 Å². The van der Waals surface area contributed by atoms with Gasteiger partial charge < -0.3 is 5.73 Å². The van der Waals surface area contributed by atoms with Gasteiger partial charge in [-0.1, -0.05) is 13.8 Å². The van der Waals surface area contributed by atoms with Crippen molar-refractivity contribution in [1.29, 1.82) is 0 Å². The molecule has 0 fully saturated rings. The fourth-order valence-corrected chi connectivity index (χ4v) is 1.54. The molecule has 0 bridgehead atoms. The molecule has 5 nitrogen and oxygen atoms in total. The lowest BCUT2D eigenvalue weighted by molar-refractivity contribution is 0.487. The van der Waals surface area contributed by atoms with Gasteiger partial charge in [0.15, 0.2) is 0 Å². The number of nitrogens with zero attached hydrogens (tertiary/aromatic N) is 3. The van der Waals surface area contributed by atoms with E-state index in [2.05, 4.69) is 29.1 Å². The molecule has 0 unspecified atom stereocenters. The van der Waals surface area contributed by atoms with Crippen LogP contribution in [0.15, 0.2) is 18.5 Å². The van der Waals surface area contributed by atoms with E-state index in [4.69, 9.17) is 5.73 Å². The van der Waals surface area contributed by atoms with Crippen LogP contribution in [0, 0.1) is 5.92 Å². The highest BCUT2D eigenvalue weighted by Crippen LogP contribution is 2.22. The number of anilines is 1. The topological polar surface area (TPSA) is 72.5 Å². The highest BCUT2D eigenvalue weighted by Gasteiger charge is 2.10. The number of nitrogens with two attached hydrogens (primary N) is 1. The second-order valence-electron chi connectivity index (χ2n) is 3.99. The Morgan fingerprint density at radius 3 is 2.93 bits per heavy atom. The highest BCUT2D eigenvalue weighted by atomic mass is 15.3. The zero-order chi connectivity index (χ0) is 10.8. The molecule has 0 aliphatic rings. The Bertz CT molecular complexity index is 440. The molecule has 2 aromatic rings. The van der Waals surface area contributed by atoms with Gasteiger partial charge in [-0.15, -0.1) is 0 Å². The summed E-state index contributed by atoms with van der Waals surface area (Å²) >= 11 is 0. The molecule has 0 radical (unpaired) electrons. The maximum atomic E-state index is 5.80. The number of nitrogens with one attached hydrogen (secondary N) is 1. The van der Waals surface area contributed by atoms with Gasteiger partial charge in [0.2, 0.25) is 0 Å². The van der Waals surface area contributed by atoms with Crippen molar-refractivity contribution in [2.45, 2.75) is 20.4 Å². The maximum Gasteiger partial charge on any atom is 0.106 e. The molecule has 0 aromatic carbocycles. The van der Waals surface area contributed by atoms with Gasteiger partial charge in [0.05, 0.1) is 17.6 Å². The Morgan fingerprint density at radius 2 is 2.33 bits per heavy atom. The monoisotopic (exact) mass is 205 g/mol. The van der Waals surface area contributed by atoms with Crippen LogP contribution in [0.25, 0.3) is 11.4 Å². The van der Waals surface area contributed by atoms with Gasteiger partial charge >= 0.3 is 0 Å². The number of nitrogen functional groups attached to an aromatic ring is 1. The molecule has 80 valence electrons. The standard InChI is InChI=1S/C10H15N5/c1-7(2)6-15-9(3-4-13-15)10-8(11)5-12-14-10/h3-5,7H,6,11H2,1-2H3,(H,12,14). The summed E-state index contributed by atoms with van der Waals surface area (Å²) in [6, 6.07) is 1.94. The van der Waals surface area contributed by atoms with Gasteiger partial charge in [-0.3, -0.25) is 9.78 Å². The summed E-state index contributed by atoms with van der Waals surface area (Å²) in [6.07, 6.45) is 3.39. The number of hydrogen-bond donors (Lipinski definition) is 2. The summed E-state index contributed by atoms with van der Waals surface area (Å²) in [4.78, 5) is 0. The van der Waals surface area contributed by atoms with E-state index in [0.717, 1.165) is 17.9 Å². The molecular formula is C10H15N5. The fourth-order valence-electron chi connectivity index (χ4n) is 1.54. The van der Waals surface area contributed by atoms with Crippen LogP contribution in [0.2, 0.25) is 0 Å². The van der Waals surface area contributed by atoms with Crippen molar-refractivity contribution < 1.29 is 0 Å². The summed E-state index contributed by atoms with van der Waals surface area (Å²) in [5.41, 5.74) is 8.28. The number of hydrogen-bond acceptors (Lipinski definition) is 3. The van der Waals surface area contributed by atoms with Crippen LogP contribution in [0.4, 0.5) is 5.69 Å². The van der Waals surface area contributed by atoms with Crippen LogP contribution >= 0.6 is 0 Å². The SMILES string of the molecule is CC(C)Cn1nccc1-c1[nH]ncc1N. The molecule has 2 rings (SSSR count). The number of aromatic nitrogens is 4. The van der Waals surface area contributed by atoms with Crippen LogP contribution in [-0.4, -0.2) is 20.0 Å². The molecule has 0 atom stereocenters. The van der Waals surface area contributed by atoms with Crippen LogP contribution in [-0.2, 0) is 6.54 Å². The van der Waals surface area contributed by atoms with E-state index < -0.39 is 0 Å². The lowest BCUT2D eigenvalue weighted by Gasteiger charge is -2.08. The van der Waals surface area contributed by atoms with Gasteiger partial charge in [-0.05, 0) is 12.0 Å². The number of rotatable bonds is 3. The molecule has 5 heteroatoms. The predicted octanol–water partition coefficient (Wildman–Crippen LogP) is 1.51. The minimum absolute atomic E-state index is 0.549. The first-order chi connectivity index (χ1) is 7.18. The van der Waals surface area contributed by atoms with Crippen molar-refractivity contribution >= 4 is 5.69 Å². The lowest BCUT2D eigenvalue weighted by atomic mass is 10.2. The molecule has 0 aliphatic heterocycles. The van der Waals surface area contributed by atoms with Crippen molar-refractivity contribution in [2.75, 3.05) is 5.73 Å². The van der Waals surface area contributed by atoms with Crippen LogP contribution in [0.1, 0.15) is 13.8 Å². The molecule has 2 heterocycles. The molecule has 0 amide bonds. The van der Waals surface area contributed by atoms with E-state index in [1.54, 1.807) is 12.4 Å². The number of H-pyrrole nitrogens is 1. The van der Waals surface area contributed by atoms with Gasteiger partial charge in [0.25, 0.3) is 0 Å². The summed E-state index contributed by atoms with van der Waals surface area (Å²) < 4.78 is 1.94. The summed E-state index contributed by atoms with van der Waals surface area (Å²) in [5, 5.41) is 11.1. The van der Waals surface area contributed by atoms with E-state index in [9.17, 15) is 0 Å². The highest BCUT2D eigenvalue weighted by molar-refractivity contribution is 5.68. The Hall–Kier alpha value is -1.78. The summed E-state index contributed by atoms with van der Waals surface area (Å²) in [6.45, 7) is 5.18. The molecular weight excluding hydrogens is 190 g/mol. The minimum atomic E-state index is 0.549. The third-order valence-electron chi connectivity index (χ3n) is 2.18. The van der Waals surface area contributed by atoms with Crippen molar-refractivity contribution in [3.8, 4) is 11.4 Å². The predicted molar refractivity (Wildman–Crippen MR) is 59.1 cm³/mol. The van der Waals surface area contributed by atoms with Gasteiger partial charge in [0.1, 0.15) is 5.69 Å². The molecule has 0 spiro atoms. The van der Waals surface area contributed by atoms with E-state index >= 15 is 0 Å². The smallest absolute Gasteiger partial charge is 0.106 e. The third-order valence-corrected chi connectivity index (χ3v) is 2.18. The van der Waals surface area contributed by atoms with Gasteiger partial charge in [-0.2, -0.15) is 10.2 Å². The molecule has 15 heavy (non-hydrogen) atoms. The second kappa shape index (κ2) is 3.76. The van der Waals surface area contributed by atoms with Crippen molar-refractivity contribution in [3.63, 3.8) is 0 Å². The average Bonchev–Trinajstić information content (AvgIpc) is 2.73. The molecule has 0 saturated carbocycles. The Morgan fingerprint density at radius 1 is 1.53 bits per heavy atom. The fraction of sp³-hybridized carbons (Fsp3) is 0.400. The van der Waals surface area contributed by atoms with E-state index in [1.807, 2.05) is 10.7 Å².